The van der Waals surface area contributed by atoms with E-state index in [2.05, 4.69) is 4.98 Å². The van der Waals surface area contributed by atoms with Crippen LogP contribution in [0.3, 0.4) is 0 Å². The normalized spacial score (nSPS) is 11.0. The van der Waals surface area contributed by atoms with Crippen LogP contribution in [0.25, 0.3) is 10.9 Å². The smallest absolute Gasteiger partial charge is 0.227 e. The summed E-state index contributed by atoms with van der Waals surface area (Å²) in [5, 5.41) is 1.02. The summed E-state index contributed by atoms with van der Waals surface area (Å²) in [7, 11) is 1.62. The third-order valence-electron chi connectivity index (χ3n) is 4.20. The number of amides is 1. The molecule has 124 valence electrons. The maximum atomic E-state index is 13.7. The zero-order valence-electron chi connectivity index (χ0n) is 13.6. The Morgan fingerprint density at radius 3 is 2.67 bits per heavy atom. The Hall–Kier alpha value is -2.69. The highest BCUT2D eigenvalue weighted by Gasteiger charge is 2.16. The first-order chi connectivity index (χ1) is 11.5. The second-order valence-corrected chi connectivity index (χ2v) is 5.94. The van der Waals surface area contributed by atoms with E-state index in [0.717, 1.165) is 28.2 Å². The molecule has 24 heavy (non-hydrogen) atoms. The number of aromatic nitrogens is 1. The van der Waals surface area contributed by atoms with E-state index in [1.807, 2.05) is 31.2 Å². The molecule has 0 bridgehead atoms. The van der Waals surface area contributed by atoms with Gasteiger partial charge in [-0.1, -0.05) is 24.3 Å². The summed E-state index contributed by atoms with van der Waals surface area (Å²) in [6, 6.07) is 11.2. The van der Waals surface area contributed by atoms with Crippen LogP contribution in [-0.2, 0) is 17.8 Å². The molecule has 1 N–H and O–H groups in total. The summed E-state index contributed by atoms with van der Waals surface area (Å²) < 4.78 is 26.7. The number of aromatic amines is 1. The molecule has 0 radical (unpaired) electrons. The van der Waals surface area contributed by atoms with Crippen molar-refractivity contribution in [2.24, 2.45) is 0 Å². The Morgan fingerprint density at radius 2 is 1.92 bits per heavy atom. The number of para-hydroxylation sites is 1. The fourth-order valence-corrected chi connectivity index (χ4v) is 2.84. The summed E-state index contributed by atoms with van der Waals surface area (Å²) in [6.07, 6.45) is 0.231. The van der Waals surface area contributed by atoms with E-state index in [1.165, 1.54) is 17.0 Å². The molecule has 1 amide bonds. The maximum absolute atomic E-state index is 13.7. The van der Waals surface area contributed by atoms with Crippen molar-refractivity contribution in [2.75, 3.05) is 7.05 Å². The third kappa shape index (κ3) is 3.15. The molecule has 0 saturated heterocycles. The van der Waals surface area contributed by atoms with Gasteiger partial charge >= 0.3 is 0 Å². The molecular formula is C19H18F2N2O. The van der Waals surface area contributed by atoms with Crippen molar-refractivity contribution in [1.29, 1.82) is 0 Å². The van der Waals surface area contributed by atoms with Crippen LogP contribution in [0.15, 0.2) is 42.5 Å². The predicted molar refractivity (Wildman–Crippen MR) is 89.6 cm³/mol. The number of nitrogens with zero attached hydrogens (tertiary/aromatic N) is 1. The number of halogens is 2. The molecule has 5 heteroatoms. The lowest BCUT2D eigenvalue weighted by atomic mass is 10.1. The molecule has 2 aromatic carbocycles. The van der Waals surface area contributed by atoms with Gasteiger partial charge in [0.25, 0.3) is 0 Å². The molecule has 0 spiro atoms. The molecule has 3 rings (SSSR count). The number of fused-ring (bicyclic) bond motifs is 1. The first-order valence-electron chi connectivity index (χ1n) is 7.70. The highest BCUT2D eigenvalue weighted by Crippen LogP contribution is 2.23. The van der Waals surface area contributed by atoms with Crippen LogP contribution in [0, 0.1) is 18.6 Å². The molecule has 0 saturated carbocycles. The van der Waals surface area contributed by atoms with Gasteiger partial charge in [0.1, 0.15) is 11.6 Å². The molecule has 3 nitrogen and oxygen atoms in total. The number of nitrogens with one attached hydrogen (secondary N) is 1. The number of carbonyl (C=O) groups is 1. The summed E-state index contributed by atoms with van der Waals surface area (Å²) in [4.78, 5) is 17.2. The van der Waals surface area contributed by atoms with Crippen molar-refractivity contribution in [2.45, 2.75) is 19.9 Å². The second kappa shape index (κ2) is 6.43. The molecule has 0 aliphatic carbocycles. The molecule has 3 aromatic rings. The largest absolute Gasteiger partial charge is 0.358 e. The van der Waals surface area contributed by atoms with E-state index in [0.29, 0.717) is 5.56 Å². The summed E-state index contributed by atoms with van der Waals surface area (Å²) >= 11 is 0. The zero-order chi connectivity index (χ0) is 17.3. The van der Waals surface area contributed by atoms with Gasteiger partial charge < -0.3 is 9.88 Å². The van der Waals surface area contributed by atoms with Gasteiger partial charge in [0, 0.05) is 41.8 Å². The van der Waals surface area contributed by atoms with E-state index in [9.17, 15) is 13.6 Å². The van der Waals surface area contributed by atoms with Crippen LogP contribution in [0.1, 0.15) is 16.8 Å². The first kappa shape index (κ1) is 16.2. The van der Waals surface area contributed by atoms with Crippen LogP contribution in [0.5, 0.6) is 0 Å². The van der Waals surface area contributed by atoms with Crippen molar-refractivity contribution in [3.05, 3.63) is 70.9 Å². The Kier molecular flexibility index (Phi) is 4.34. The minimum absolute atomic E-state index is 0.104. The van der Waals surface area contributed by atoms with Crippen LogP contribution < -0.4 is 0 Å². The van der Waals surface area contributed by atoms with Crippen LogP contribution in [0.4, 0.5) is 8.78 Å². The number of carbonyl (C=O) groups excluding carboxylic acids is 1. The fourth-order valence-electron chi connectivity index (χ4n) is 2.84. The van der Waals surface area contributed by atoms with Gasteiger partial charge in [0.05, 0.1) is 6.42 Å². The predicted octanol–water partition coefficient (Wildman–Crippen LogP) is 3.96. The van der Waals surface area contributed by atoms with Crippen LogP contribution >= 0.6 is 0 Å². The standard InChI is InChI=1S/C19H18F2N2O/c1-12-16(15-5-3-4-6-18(15)22-12)10-19(24)23(2)11-13-7-8-14(20)9-17(13)21/h3-9,22H,10-11H2,1-2H3. The lowest BCUT2D eigenvalue weighted by Gasteiger charge is -2.18. The quantitative estimate of drug-likeness (QED) is 0.773. The van der Waals surface area contributed by atoms with E-state index < -0.39 is 11.6 Å². The van der Waals surface area contributed by atoms with Gasteiger partial charge in [-0.25, -0.2) is 8.78 Å². The van der Waals surface area contributed by atoms with Gasteiger partial charge in [-0.05, 0) is 24.6 Å². The van der Waals surface area contributed by atoms with Gasteiger partial charge in [-0.15, -0.1) is 0 Å². The van der Waals surface area contributed by atoms with Crippen molar-refractivity contribution in [3.8, 4) is 0 Å². The molecule has 0 unspecified atom stereocenters. The summed E-state index contributed by atoms with van der Waals surface area (Å²) in [5.41, 5.74) is 3.18. The Morgan fingerprint density at radius 1 is 1.17 bits per heavy atom. The van der Waals surface area contributed by atoms with E-state index in [-0.39, 0.29) is 18.9 Å². The lowest BCUT2D eigenvalue weighted by Crippen LogP contribution is -2.28. The van der Waals surface area contributed by atoms with Crippen molar-refractivity contribution in [1.82, 2.24) is 9.88 Å². The topological polar surface area (TPSA) is 36.1 Å². The lowest BCUT2D eigenvalue weighted by molar-refractivity contribution is -0.129. The third-order valence-corrected chi connectivity index (χ3v) is 4.20. The van der Waals surface area contributed by atoms with Crippen molar-refractivity contribution in [3.63, 3.8) is 0 Å². The Bertz CT molecular complexity index is 902. The molecule has 0 fully saturated rings. The van der Waals surface area contributed by atoms with Gasteiger partial charge in [-0.2, -0.15) is 0 Å². The van der Waals surface area contributed by atoms with E-state index in [1.54, 1.807) is 7.05 Å². The molecular weight excluding hydrogens is 310 g/mol. The average molecular weight is 328 g/mol. The van der Waals surface area contributed by atoms with E-state index >= 15 is 0 Å². The first-order valence-corrected chi connectivity index (χ1v) is 7.70. The average Bonchev–Trinajstić information content (AvgIpc) is 2.86. The van der Waals surface area contributed by atoms with E-state index in [4.69, 9.17) is 0 Å². The molecule has 0 aliphatic heterocycles. The van der Waals surface area contributed by atoms with Crippen molar-refractivity contribution < 1.29 is 13.6 Å². The minimum atomic E-state index is -0.641. The number of benzene rings is 2. The molecule has 1 heterocycles. The number of H-pyrrole nitrogens is 1. The zero-order valence-corrected chi connectivity index (χ0v) is 13.6. The Labute approximate surface area is 138 Å². The minimum Gasteiger partial charge on any atom is -0.358 e. The number of likely N-dealkylation sites (N-methyl/N-ethyl adjacent to an activating group) is 1. The monoisotopic (exact) mass is 328 g/mol. The second-order valence-electron chi connectivity index (χ2n) is 5.94. The number of hydrogen-bond acceptors (Lipinski definition) is 1. The summed E-state index contributed by atoms with van der Waals surface area (Å²) in [5.74, 6) is -1.39. The highest BCUT2D eigenvalue weighted by molar-refractivity contribution is 5.90. The molecule has 0 aliphatic rings. The summed E-state index contributed by atoms with van der Waals surface area (Å²) in [6.45, 7) is 2.04. The highest BCUT2D eigenvalue weighted by atomic mass is 19.1. The van der Waals surface area contributed by atoms with Gasteiger partial charge in [0.2, 0.25) is 5.91 Å². The van der Waals surface area contributed by atoms with Crippen LogP contribution in [0.2, 0.25) is 0 Å². The van der Waals surface area contributed by atoms with Gasteiger partial charge in [0.15, 0.2) is 0 Å². The van der Waals surface area contributed by atoms with Crippen LogP contribution in [-0.4, -0.2) is 22.8 Å². The maximum Gasteiger partial charge on any atom is 0.227 e. The number of hydrogen-bond donors (Lipinski definition) is 1. The Balaban J connectivity index is 1.77. The number of rotatable bonds is 4. The van der Waals surface area contributed by atoms with Crippen molar-refractivity contribution >= 4 is 16.8 Å². The van der Waals surface area contributed by atoms with Gasteiger partial charge in [-0.3, -0.25) is 4.79 Å². The SMILES string of the molecule is Cc1[nH]c2ccccc2c1CC(=O)N(C)Cc1ccc(F)cc1F. The molecule has 1 aromatic heterocycles. The fraction of sp³-hybridized carbons (Fsp3) is 0.211. The number of aryl methyl sites for hydroxylation is 1. The molecule has 0 atom stereocenters.